The normalized spacial score (nSPS) is 9.28. The van der Waals surface area contributed by atoms with Gasteiger partial charge in [0.05, 0.1) is 12.1 Å². The molecule has 0 saturated carbocycles. The zero-order chi connectivity index (χ0) is 33.1. The van der Waals surface area contributed by atoms with E-state index in [1.165, 1.54) is 13.8 Å². The Hall–Kier alpha value is -3.66. The van der Waals surface area contributed by atoms with E-state index in [1.807, 2.05) is 36.4 Å². The van der Waals surface area contributed by atoms with Crippen LogP contribution in [0.25, 0.3) is 0 Å². The Kier molecular flexibility index (Phi) is 25.4. The van der Waals surface area contributed by atoms with Crippen LogP contribution in [0.1, 0.15) is 13.8 Å². The smallest absolute Gasteiger partial charge is 1.00 e. The Morgan fingerprint density at radius 3 is 0.640 bits per heavy atom. The largest absolute Gasteiger partial charge is 1.00 e. The molecule has 0 aliphatic heterocycles. The second-order valence-corrected chi connectivity index (χ2v) is 14.0. The van der Waals surface area contributed by atoms with Crippen LogP contribution in [0.2, 0.25) is 0 Å². The number of hydrogen-bond acceptors (Lipinski definition) is 10. The maximum atomic E-state index is 13.6. The third-order valence-corrected chi connectivity index (χ3v) is 11.3. The first-order valence-electron chi connectivity index (χ1n) is 13.8. The van der Waals surface area contributed by atoms with Crippen molar-refractivity contribution in [2.24, 2.45) is 0 Å². The second-order valence-electron chi connectivity index (χ2n) is 8.79. The Bertz CT molecular complexity index is 1600. The SMILES string of the molecule is CC#N.CC#N.O=P(c1ccccn1)(c1ccccn1)c1ccccn1.O=P(c1ccccn1)(c1ccccn1)c1ccccn1.[Br-].[Br-].[Cu+].[Cu+]. The van der Waals surface area contributed by atoms with Crippen LogP contribution >= 0.6 is 14.3 Å². The van der Waals surface area contributed by atoms with Crippen molar-refractivity contribution >= 4 is 46.9 Å². The number of hydrogen-bond donors (Lipinski definition) is 0. The van der Waals surface area contributed by atoms with Gasteiger partial charge in [0.25, 0.3) is 0 Å². The minimum Gasteiger partial charge on any atom is -1.00 e. The van der Waals surface area contributed by atoms with E-state index in [4.69, 9.17) is 10.5 Å². The molecule has 6 aromatic heterocycles. The van der Waals surface area contributed by atoms with Gasteiger partial charge in [0.1, 0.15) is 32.6 Å². The second kappa shape index (κ2) is 26.2. The monoisotopic (exact) mass is 928 g/mol. The molecule has 264 valence electrons. The van der Waals surface area contributed by atoms with Crippen molar-refractivity contribution in [3.8, 4) is 12.1 Å². The first kappa shape index (κ1) is 48.5. The van der Waals surface area contributed by atoms with Gasteiger partial charge in [-0.15, -0.1) is 0 Å². The van der Waals surface area contributed by atoms with Crippen LogP contribution in [-0.4, -0.2) is 29.9 Å². The van der Waals surface area contributed by atoms with Crippen molar-refractivity contribution < 1.29 is 77.2 Å². The van der Waals surface area contributed by atoms with Gasteiger partial charge in [0, 0.05) is 51.0 Å². The van der Waals surface area contributed by atoms with Gasteiger partial charge >= 0.3 is 34.1 Å². The maximum Gasteiger partial charge on any atom is 1.00 e. The molecule has 50 heavy (non-hydrogen) atoms. The zero-order valence-corrected chi connectivity index (χ0v) is 33.3. The zero-order valence-electron chi connectivity index (χ0n) is 26.5. The molecule has 0 unspecified atom stereocenters. The predicted octanol–water partition coefficient (Wildman–Crippen LogP) is -1.92. The Morgan fingerprint density at radius 2 is 0.540 bits per heavy atom. The molecule has 6 aromatic rings. The molecule has 0 amide bonds. The quantitative estimate of drug-likeness (QED) is 0.136. The van der Waals surface area contributed by atoms with Crippen molar-refractivity contribution in [3.05, 3.63) is 146 Å². The van der Waals surface area contributed by atoms with Gasteiger partial charge in [0.2, 0.25) is 14.3 Å². The molecule has 0 fully saturated rings. The van der Waals surface area contributed by atoms with Crippen LogP contribution in [0.5, 0.6) is 0 Å². The van der Waals surface area contributed by atoms with Crippen LogP contribution in [0, 0.1) is 22.7 Å². The molecule has 0 spiro atoms. The molecule has 6 rings (SSSR count). The molecular weight excluding hydrogens is 901 g/mol. The Balaban J connectivity index is 0. The molecule has 0 atom stereocenters. The van der Waals surface area contributed by atoms with Gasteiger partial charge in [-0.25, -0.2) is 0 Å². The summed E-state index contributed by atoms with van der Waals surface area (Å²) >= 11 is 0. The fourth-order valence-electron chi connectivity index (χ4n) is 3.94. The van der Waals surface area contributed by atoms with E-state index in [0.717, 1.165) is 0 Å². The molecule has 0 aromatic carbocycles. The molecule has 0 saturated heterocycles. The average molecular weight is 932 g/mol. The molecular formula is C34H30Br2Cu2N8O2P2. The fraction of sp³-hybridized carbons (Fsp3) is 0.0588. The predicted molar refractivity (Wildman–Crippen MR) is 181 cm³/mol. The topological polar surface area (TPSA) is 159 Å². The number of halogens is 2. The van der Waals surface area contributed by atoms with Gasteiger partial charge in [0.15, 0.2) is 0 Å². The van der Waals surface area contributed by atoms with Crippen LogP contribution in [0.15, 0.2) is 146 Å². The molecule has 10 nitrogen and oxygen atoms in total. The summed E-state index contributed by atoms with van der Waals surface area (Å²) in [5.41, 5.74) is 2.99. The van der Waals surface area contributed by atoms with E-state index in [0.29, 0.717) is 32.6 Å². The summed E-state index contributed by atoms with van der Waals surface area (Å²) in [6.07, 6.45) is 9.80. The fourth-order valence-corrected chi connectivity index (χ4v) is 8.50. The molecule has 16 heteroatoms. The standard InChI is InChI=1S/2C15H12N3OP.2C2H3N.2BrH.2Cu/c2*19-20(13-7-1-4-10-16-13,14-8-2-5-11-17-14)15-9-3-6-12-18-15;2*1-2-3;;;;/h2*1-12H;2*1H3;2*1H;;/q;;;;;;2*+1/p-2. The minimum atomic E-state index is -3.11. The minimum absolute atomic E-state index is 0. The summed E-state index contributed by atoms with van der Waals surface area (Å²) in [7, 11) is -6.22. The van der Waals surface area contributed by atoms with E-state index < -0.39 is 14.3 Å². The summed E-state index contributed by atoms with van der Waals surface area (Å²) in [4.78, 5) is 25.6. The Labute approximate surface area is 334 Å². The molecule has 0 radical (unpaired) electrons. The van der Waals surface area contributed by atoms with Gasteiger partial charge in [-0.3, -0.25) is 29.9 Å². The number of nitriles is 2. The van der Waals surface area contributed by atoms with E-state index in [2.05, 4.69) is 29.9 Å². The third kappa shape index (κ3) is 12.9. The summed E-state index contributed by atoms with van der Waals surface area (Å²) in [6, 6.07) is 35.7. The average Bonchev–Trinajstić information content (AvgIpc) is 3.14. The van der Waals surface area contributed by atoms with E-state index in [1.54, 1.807) is 122 Å². The van der Waals surface area contributed by atoms with Gasteiger partial charge in [-0.1, -0.05) is 36.4 Å². The van der Waals surface area contributed by atoms with E-state index in [9.17, 15) is 9.13 Å². The number of nitrogens with zero attached hydrogens (tertiary/aromatic N) is 8. The first-order chi connectivity index (χ1) is 22.5. The van der Waals surface area contributed by atoms with E-state index in [-0.39, 0.29) is 68.1 Å². The van der Waals surface area contributed by atoms with Gasteiger partial charge in [-0.05, 0) is 72.8 Å². The van der Waals surface area contributed by atoms with E-state index >= 15 is 0 Å². The summed E-state index contributed by atoms with van der Waals surface area (Å²) in [6.45, 7) is 2.86. The molecule has 0 aliphatic carbocycles. The number of aromatic nitrogens is 6. The molecule has 0 bridgehead atoms. The molecule has 6 heterocycles. The van der Waals surface area contributed by atoms with Crippen molar-refractivity contribution in [1.29, 1.82) is 10.5 Å². The summed E-state index contributed by atoms with van der Waals surface area (Å²) < 4.78 is 27.3. The van der Waals surface area contributed by atoms with Crippen LogP contribution in [0.4, 0.5) is 0 Å². The van der Waals surface area contributed by atoms with Crippen molar-refractivity contribution in [2.75, 3.05) is 0 Å². The molecule has 0 aliphatic rings. The van der Waals surface area contributed by atoms with Crippen molar-refractivity contribution in [3.63, 3.8) is 0 Å². The first-order valence-corrected chi connectivity index (χ1v) is 17.2. The van der Waals surface area contributed by atoms with Gasteiger partial charge < -0.3 is 43.1 Å². The van der Waals surface area contributed by atoms with Crippen LogP contribution in [0.3, 0.4) is 0 Å². The van der Waals surface area contributed by atoms with Crippen molar-refractivity contribution in [1.82, 2.24) is 29.9 Å². The Morgan fingerprint density at radius 1 is 0.400 bits per heavy atom. The maximum absolute atomic E-state index is 13.6. The third-order valence-electron chi connectivity index (χ3n) is 5.83. The van der Waals surface area contributed by atoms with Gasteiger partial charge in [-0.2, -0.15) is 10.5 Å². The summed E-state index contributed by atoms with van der Waals surface area (Å²) in [5.74, 6) is 0. The summed E-state index contributed by atoms with van der Waals surface area (Å²) in [5, 5.41) is 14.6. The van der Waals surface area contributed by atoms with Crippen molar-refractivity contribution in [2.45, 2.75) is 13.8 Å². The van der Waals surface area contributed by atoms with Crippen LogP contribution < -0.4 is 66.6 Å². The number of rotatable bonds is 6. The van der Waals surface area contributed by atoms with Crippen LogP contribution in [-0.2, 0) is 43.3 Å². The molecule has 0 N–H and O–H groups in total. The number of pyridine rings is 6.